The molecule has 0 unspecified atom stereocenters. The van der Waals surface area contributed by atoms with Crippen LogP contribution >= 0.6 is 23.2 Å². The average Bonchev–Trinajstić information content (AvgIpc) is 3.45. The van der Waals surface area contributed by atoms with E-state index in [1.165, 1.54) is 12.1 Å². The number of carbonyl (C=O) groups excluding carboxylic acids is 1. The van der Waals surface area contributed by atoms with E-state index in [9.17, 15) is 14.4 Å². The number of rotatable bonds is 4. The fourth-order valence-corrected chi connectivity index (χ4v) is 4.03. The number of aromatic nitrogens is 2. The van der Waals surface area contributed by atoms with Gasteiger partial charge >= 0.3 is 5.97 Å². The molecule has 11 heteroatoms. The number of hydrogen-bond donors (Lipinski definition) is 2. The van der Waals surface area contributed by atoms with Gasteiger partial charge in [-0.2, -0.15) is 0 Å². The van der Waals surface area contributed by atoms with Gasteiger partial charge in [-0.1, -0.05) is 29.3 Å². The van der Waals surface area contributed by atoms with E-state index >= 15 is 0 Å². The van der Waals surface area contributed by atoms with E-state index in [4.69, 9.17) is 37.8 Å². The van der Waals surface area contributed by atoms with Gasteiger partial charge in [0.05, 0.1) is 10.9 Å². The lowest BCUT2D eigenvalue weighted by molar-refractivity contribution is -0.132. The fraction of sp³-hybridized carbons (Fsp3) is 0.130. The van der Waals surface area contributed by atoms with Crippen LogP contribution in [0.2, 0.25) is 0 Å². The van der Waals surface area contributed by atoms with Crippen LogP contribution in [-0.4, -0.2) is 33.3 Å². The molecule has 3 heterocycles. The Morgan fingerprint density at radius 1 is 1.09 bits per heavy atom. The van der Waals surface area contributed by atoms with Crippen LogP contribution in [0.25, 0.3) is 22.6 Å². The van der Waals surface area contributed by atoms with E-state index in [1.807, 2.05) is 24.3 Å². The highest BCUT2D eigenvalue weighted by Crippen LogP contribution is 2.35. The number of allylic oxidation sites excluding steroid dienone is 1. The number of nitrogens with zero attached hydrogens (tertiary/aromatic N) is 2. The second kappa shape index (κ2) is 8.51. The Hall–Kier alpha value is -3.82. The number of aliphatic carboxylic acids is 1. The maximum Gasteiger partial charge on any atom is 0.349 e. The monoisotopic (exact) mass is 499 g/mol. The lowest BCUT2D eigenvalue weighted by atomic mass is 10.1. The Morgan fingerprint density at radius 3 is 2.68 bits per heavy atom. The average molecular weight is 500 g/mol. The first kappa shape index (κ1) is 22.0. The summed E-state index contributed by atoms with van der Waals surface area (Å²) in [5, 5.41) is 10.3. The molecule has 0 bridgehead atoms. The Balaban J connectivity index is 1.50. The van der Waals surface area contributed by atoms with Gasteiger partial charge < -0.3 is 19.9 Å². The topological polar surface area (TPSA) is 120 Å². The molecule has 0 atom stereocenters. The molecule has 0 spiro atoms. The molecule has 0 fully saturated rings. The summed E-state index contributed by atoms with van der Waals surface area (Å²) in [6.45, 7) is 0.684. The van der Waals surface area contributed by atoms with Crippen LogP contribution in [0.1, 0.15) is 17.8 Å². The lowest BCUT2D eigenvalue weighted by Crippen LogP contribution is -2.21. The minimum atomic E-state index is -1.52. The van der Waals surface area contributed by atoms with E-state index in [0.717, 1.165) is 11.1 Å². The number of ether oxygens (including phenoxy) is 2. The first-order valence-corrected chi connectivity index (χ1v) is 10.8. The van der Waals surface area contributed by atoms with Crippen LogP contribution in [0, 0.1) is 0 Å². The van der Waals surface area contributed by atoms with Crippen molar-refractivity contribution in [1.82, 2.24) is 9.55 Å². The van der Waals surface area contributed by atoms with Crippen molar-refractivity contribution >= 4 is 63.3 Å². The number of nitrogens with one attached hydrogen (secondary N) is 1. The van der Waals surface area contributed by atoms with Crippen LogP contribution in [0.4, 0.5) is 5.69 Å². The molecule has 0 saturated carbocycles. The third-order valence-electron chi connectivity index (χ3n) is 5.42. The highest BCUT2D eigenvalue weighted by atomic mass is 35.5. The van der Waals surface area contributed by atoms with E-state index in [-0.39, 0.29) is 18.0 Å². The van der Waals surface area contributed by atoms with E-state index in [0.29, 0.717) is 41.2 Å². The molecule has 3 aromatic rings. The molecule has 0 radical (unpaired) electrons. The van der Waals surface area contributed by atoms with Crippen molar-refractivity contribution in [1.29, 1.82) is 0 Å². The highest BCUT2D eigenvalue weighted by Gasteiger charge is 2.22. The smallest absolute Gasteiger partial charge is 0.349 e. The molecule has 2 aliphatic rings. The summed E-state index contributed by atoms with van der Waals surface area (Å²) >= 11 is 11.3. The molecular formula is C23H15Cl2N3O6. The summed E-state index contributed by atoms with van der Waals surface area (Å²) in [5.74, 6) is -0.539. The van der Waals surface area contributed by atoms with Crippen molar-refractivity contribution in [2.75, 3.05) is 12.1 Å². The molecule has 172 valence electrons. The summed E-state index contributed by atoms with van der Waals surface area (Å²) in [5.41, 5.74) is 2.23. The molecule has 34 heavy (non-hydrogen) atoms. The van der Waals surface area contributed by atoms with Gasteiger partial charge in [-0.05, 0) is 54.0 Å². The molecule has 9 nitrogen and oxygen atoms in total. The first-order chi connectivity index (χ1) is 16.3. The molecule has 2 aromatic carbocycles. The number of anilines is 1. The SMILES string of the molecule is O=C(O)/C(Cl)=C(/Cl)C(=O)Nc1ccc2c(=O)n3c(nc2c1)C(=Cc1ccc2c(c1)OCO2)CC3. The van der Waals surface area contributed by atoms with Gasteiger partial charge in [0.1, 0.15) is 15.9 Å². The maximum atomic E-state index is 13.0. The van der Waals surface area contributed by atoms with Gasteiger partial charge in [-0.15, -0.1) is 0 Å². The Bertz CT molecular complexity index is 1510. The van der Waals surface area contributed by atoms with Gasteiger partial charge in [0.2, 0.25) is 6.79 Å². The number of hydrogen-bond acceptors (Lipinski definition) is 6. The van der Waals surface area contributed by atoms with Crippen molar-refractivity contribution in [2.24, 2.45) is 0 Å². The largest absolute Gasteiger partial charge is 0.477 e. The number of halogens is 2. The number of carbonyl (C=O) groups is 2. The van der Waals surface area contributed by atoms with Crippen molar-refractivity contribution in [3.8, 4) is 11.5 Å². The normalized spacial score (nSPS) is 15.9. The van der Waals surface area contributed by atoms with Gasteiger partial charge in [0.25, 0.3) is 11.5 Å². The fourth-order valence-electron chi connectivity index (χ4n) is 3.82. The second-order valence-corrected chi connectivity index (χ2v) is 8.30. The lowest BCUT2D eigenvalue weighted by Gasteiger charge is -2.09. The number of carboxylic acids is 1. The summed E-state index contributed by atoms with van der Waals surface area (Å²) < 4.78 is 12.4. The van der Waals surface area contributed by atoms with Gasteiger partial charge in [-0.25, -0.2) is 9.78 Å². The van der Waals surface area contributed by atoms with Crippen LogP contribution in [-0.2, 0) is 16.1 Å². The number of amides is 1. The molecular weight excluding hydrogens is 485 g/mol. The van der Waals surface area contributed by atoms with Crippen LogP contribution in [0.3, 0.4) is 0 Å². The van der Waals surface area contributed by atoms with E-state index in [2.05, 4.69) is 10.3 Å². The van der Waals surface area contributed by atoms with Crippen molar-refractivity contribution in [3.63, 3.8) is 0 Å². The van der Waals surface area contributed by atoms with Crippen LogP contribution in [0.15, 0.2) is 51.3 Å². The number of fused-ring (bicyclic) bond motifs is 3. The summed E-state index contributed by atoms with van der Waals surface area (Å²) in [6, 6.07) is 10.2. The molecule has 0 saturated heterocycles. The van der Waals surface area contributed by atoms with Gasteiger partial charge in [0, 0.05) is 12.2 Å². The molecule has 2 aliphatic heterocycles. The molecule has 1 aromatic heterocycles. The minimum absolute atomic E-state index is 0.184. The van der Waals surface area contributed by atoms with Gasteiger partial charge in [0.15, 0.2) is 11.5 Å². The first-order valence-electron chi connectivity index (χ1n) is 10.1. The number of benzene rings is 2. The summed E-state index contributed by atoms with van der Waals surface area (Å²) in [6.07, 6.45) is 2.58. The second-order valence-electron chi connectivity index (χ2n) is 7.54. The molecule has 5 rings (SSSR count). The maximum absolute atomic E-state index is 13.0. The summed E-state index contributed by atoms with van der Waals surface area (Å²) in [4.78, 5) is 40.8. The zero-order valence-corrected chi connectivity index (χ0v) is 18.8. The molecule has 2 N–H and O–H groups in total. The summed E-state index contributed by atoms with van der Waals surface area (Å²) in [7, 11) is 0. The zero-order valence-electron chi connectivity index (χ0n) is 17.3. The molecule has 0 aliphatic carbocycles. The predicted octanol–water partition coefficient (Wildman–Crippen LogP) is 3.78. The Kier molecular flexibility index (Phi) is 5.51. The van der Waals surface area contributed by atoms with Crippen LogP contribution in [0.5, 0.6) is 11.5 Å². The van der Waals surface area contributed by atoms with Crippen LogP contribution < -0.4 is 20.3 Å². The van der Waals surface area contributed by atoms with E-state index in [1.54, 1.807) is 10.6 Å². The Labute approximate surface area is 201 Å². The minimum Gasteiger partial charge on any atom is -0.477 e. The quantitative estimate of drug-likeness (QED) is 0.524. The van der Waals surface area contributed by atoms with Gasteiger partial charge in [-0.3, -0.25) is 14.2 Å². The van der Waals surface area contributed by atoms with Crippen molar-refractivity contribution < 1.29 is 24.2 Å². The predicted molar refractivity (Wildman–Crippen MR) is 126 cm³/mol. The third kappa shape index (κ3) is 3.89. The molecule has 1 amide bonds. The van der Waals surface area contributed by atoms with Crippen molar-refractivity contribution in [2.45, 2.75) is 13.0 Å². The standard InChI is InChI=1S/C23H15Cl2N3O6/c24-18(19(25)23(31)32)21(29)26-13-2-3-14-15(9-13)27-20-12(5-6-28(20)22(14)30)7-11-1-4-16-17(8-11)34-10-33-16/h1-4,7-9H,5-6,10H2,(H,26,29)(H,31,32)/b12-7?,19-18-. The number of carboxylic acid groups (broad SMARTS) is 1. The Morgan fingerprint density at radius 2 is 1.88 bits per heavy atom. The van der Waals surface area contributed by atoms with Crippen molar-refractivity contribution in [3.05, 3.63) is 68.2 Å². The zero-order chi connectivity index (χ0) is 24.0. The third-order valence-corrected chi connectivity index (χ3v) is 6.23. The highest BCUT2D eigenvalue weighted by molar-refractivity contribution is 6.54. The van der Waals surface area contributed by atoms with E-state index < -0.39 is 21.9 Å².